The number of hydrogen-bond donors (Lipinski definition) is 1. The molecule has 2 rings (SSSR count). The van der Waals surface area contributed by atoms with Crippen LogP contribution in [-0.4, -0.2) is 35.5 Å². The number of carbonyl (C=O) groups excluding carboxylic acids is 1. The summed E-state index contributed by atoms with van der Waals surface area (Å²) in [7, 11) is 1.52. The molecule has 0 aliphatic heterocycles. The molecule has 0 saturated heterocycles. The third kappa shape index (κ3) is 4.26. The molecular weight excluding hydrogens is 341 g/mol. The zero-order valence-corrected chi connectivity index (χ0v) is 13.8. The third-order valence-electron chi connectivity index (χ3n) is 3.26. The average molecular weight is 356 g/mol. The van der Waals surface area contributed by atoms with Crippen LogP contribution in [0.1, 0.15) is 21.9 Å². The number of nitrogens with zero attached hydrogens (tertiary/aromatic N) is 1. The average Bonchev–Trinajstić information content (AvgIpc) is 2.86. The second-order valence-corrected chi connectivity index (χ2v) is 5.51. The fraction of sp³-hybridized carbons (Fsp3) is 0.250. The van der Waals surface area contributed by atoms with Crippen molar-refractivity contribution < 1.29 is 28.2 Å². The molecule has 0 aliphatic carbocycles. The van der Waals surface area contributed by atoms with E-state index in [2.05, 4.69) is 0 Å². The highest BCUT2D eigenvalue weighted by Gasteiger charge is 2.17. The predicted octanol–water partition coefficient (Wildman–Crippen LogP) is 3.12. The molecule has 0 bridgehead atoms. The number of rotatable bonds is 6. The summed E-state index contributed by atoms with van der Waals surface area (Å²) < 4.78 is 23.5. The van der Waals surface area contributed by atoms with Crippen molar-refractivity contribution in [3.8, 4) is 5.75 Å². The molecule has 1 heterocycles. The fourth-order valence-electron chi connectivity index (χ4n) is 2.00. The number of furan rings is 1. The molecule has 0 spiro atoms. The number of halogens is 2. The number of likely N-dealkylation sites (N-methyl/N-ethyl adjacent to an activating group) is 1. The Balaban J connectivity index is 1.94. The van der Waals surface area contributed by atoms with E-state index < -0.39 is 11.8 Å². The van der Waals surface area contributed by atoms with Crippen molar-refractivity contribution in [1.82, 2.24) is 4.90 Å². The van der Waals surface area contributed by atoms with E-state index in [1.54, 1.807) is 0 Å². The van der Waals surface area contributed by atoms with E-state index in [0.717, 1.165) is 6.07 Å². The molecule has 24 heavy (non-hydrogen) atoms. The van der Waals surface area contributed by atoms with Gasteiger partial charge in [0.2, 0.25) is 0 Å². The summed E-state index contributed by atoms with van der Waals surface area (Å²) >= 11 is 5.81. The molecule has 0 saturated carbocycles. The van der Waals surface area contributed by atoms with Gasteiger partial charge >= 0.3 is 5.97 Å². The van der Waals surface area contributed by atoms with Crippen molar-refractivity contribution >= 4 is 23.5 Å². The van der Waals surface area contributed by atoms with Crippen LogP contribution in [0, 0.1) is 12.7 Å². The second kappa shape index (κ2) is 7.35. The lowest BCUT2D eigenvalue weighted by atomic mass is 10.2. The van der Waals surface area contributed by atoms with Gasteiger partial charge < -0.3 is 19.2 Å². The monoisotopic (exact) mass is 355 g/mol. The minimum atomic E-state index is -1.09. The number of hydrogen-bond acceptors (Lipinski definition) is 4. The van der Waals surface area contributed by atoms with Crippen LogP contribution in [0.3, 0.4) is 0 Å². The normalized spacial score (nSPS) is 10.5. The van der Waals surface area contributed by atoms with Gasteiger partial charge in [-0.2, -0.15) is 0 Å². The van der Waals surface area contributed by atoms with Gasteiger partial charge in [0, 0.05) is 7.05 Å². The lowest BCUT2D eigenvalue weighted by Crippen LogP contribution is -2.30. The predicted molar refractivity (Wildman–Crippen MR) is 83.8 cm³/mol. The molecule has 0 unspecified atom stereocenters. The number of aromatic carboxylic acids is 1. The van der Waals surface area contributed by atoms with Crippen LogP contribution >= 0.6 is 11.6 Å². The van der Waals surface area contributed by atoms with Crippen molar-refractivity contribution in [2.45, 2.75) is 13.5 Å². The highest BCUT2D eigenvalue weighted by molar-refractivity contribution is 6.32. The van der Waals surface area contributed by atoms with Crippen LogP contribution in [0.2, 0.25) is 5.02 Å². The van der Waals surface area contributed by atoms with Gasteiger partial charge in [-0.3, -0.25) is 4.79 Å². The molecule has 2 aromatic rings. The van der Waals surface area contributed by atoms with Crippen molar-refractivity contribution in [3.63, 3.8) is 0 Å². The van der Waals surface area contributed by atoms with E-state index in [1.807, 2.05) is 0 Å². The van der Waals surface area contributed by atoms with Crippen molar-refractivity contribution in [2.24, 2.45) is 0 Å². The molecule has 1 aromatic carbocycles. The zero-order valence-electron chi connectivity index (χ0n) is 13.0. The summed E-state index contributed by atoms with van der Waals surface area (Å²) in [4.78, 5) is 24.3. The van der Waals surface area contributed by atoms with Crippen LogP contribution in [-0.2, 0) is 11.3 Å². The number of carboxylic acids is 1. The molecule has 1 amide bonds. The molecule has 0 fully saturated rings. The van der Waals surface area contributed by atoms with Crippen LogP contribution in [0.15, 0.2) is 28.7 Å². The summed E-state index contributed by atoms with van der Waals surface area (Å²) in [6, 6.07) is 4.97. The van der Waals surface area contributed by atoms with Crippen molar-refractivity contribution in [3.05, 3.63) is 52.2 Å². The summed E-state index contributed by atoms with van der Waals surface area (Å²) in [5.74, 6) is -1.15. The first-order valence-electron chi connectivity index (χ1n) is 6.92. The van der Waals surface area contributed by atoms with E-state index in [9.17, 15) is 14.0 Å². The second-order valence-electron chi connectivity index (χ2n) is 5.10. The highest BCUT2D eigenvalue weighted by atomic mass is 35.5. The van der Waals surface area contributed by atoms with E-state index in [4.69, 9.17) is 25.9 Å². The Morgan fingerprint density at radius 2 is 2.08 bits per heavy atom. The highest BCUT2D eigenvalue weighted by Crippen LogP contribution is 2.24. The van der Waals surface area contributed by atoms with Gasteiger partial charge in [-0.15, -0.1) is 0 Å². The first-order chi connectivity index (χ1) is 11.3. The van der Waals surface area contributed by atoms with Gasteiger partial charge in [0.15, 0.2) is 6.61 Å². The van der Waals surface area contributed by atoms with Gasteiger partial charge in [0.1, 0.15) is 28.7 Å². The van der Waals surface area contributed by atoms with E-state index in [0.29, 0.717) is 5.76 Å². The summed E-state index contributed by atoms with van der Waals surface area (Å²) in [6.45, 7) is 1.33. The largest absolute Gasteiger partial charge is 0.482 e. The lowest BCUT2D eigenvalue weighted by molar-refractivity contribution is -0.132. The van der Waals surface area contributed by atoms with Gasteiger partial charge in [-0.05, 0) is 31.2 Å². The van der Waals surface area contributed by atoms with Crippen LogP contribution in [0.5, 0.6) is 5.75 Å². The number of benzene rings is 1. The minimum absolute atomic E-state index is 0.0557. The Kier molecular flexibility index (Phi) is 5.46. The Hall–Kier alpha value is -2.54. The summed E-state index contributed by atoms with van der Waals surface area (Å²) in [6.07, 6.45) is 0. The van der Waals surface area contributed by atoms with Crippen LogP contribution < -0.4 is 4.74 Å². The SMILES string of the molecule is Cc1oc(CN(C)C(=O)COc2ccc(F)cc2Cl)cc1C(=O)O. The third-order valence-corrected chi connectivity index (χ3v) is 3.56. The Morgan fingerprint density at radius 1 is 1.38 bits per heavy atom. The molecule has 1 N–H and O–H groups in total. The minimum Gasteiger partial charge on any atom is -0.482 e. The Bertz CT molecular complexity index is 774. The standard InChI is InChI=1S/C16H15ClFNO5/c1-9-12(16(21)22)6-11(24-9)7-19(2)15(20)8-23-14-4-3-10(18)5-13(14)17/h3-6H,7-8H2,1-2H3,(H,21,22). The number of ether oxygens (including phenoxy) is 1. The molecule has 0 radical (unpaired) electrons. The van der Waals surface area contributed by atoms with Crippen LogP contribution in [0.4, 0.5) is 4.39 Å². The topological polar surface area (TPSA) is 80.0 Å². The van der Waals surface area contributed by atoms with Crippen molar-refractivity contribution in [2.75, 3.05) is 13.7 Å². The van der Waals surface area contributed by atoms with E-state index in [1.165, 1.54) is 37.1 Å². The number of carbonyl (C=O) groups is 2. The van der Waals surface area contributed by atoms with Gasteiger partial charge in [-0.1, -0.05) is 11.6 Å². The van der Waals surface area contributed by atoms with Crippen LogP contribution in [0.25, 0.3) is 0 Å². The Labute approximate surface area is 142 Å². The van der Waals surface area contributed by atoms with Crippen molar-refractivity contribution in [1.29, 1.82) is 0 Å². The molecule has 0 aliphatic rings. The molecule has 1 aromatic heterocycles. The first-order valence-corrected chi connectivity index (χ1v) is 7.30. The maximum absolute atomic E-state index is 12.9. The smallest absolute Gasteiger partial charge is 0.339 e. The molecule has 0 atom stereocenters. The summed E-state index contributed by atoms with van der Waals surface area (Å²) in [5, 5.41) is 9.05. The molecular formula is C16H15ClFNO5. The van der Waals surface area contributed by atoms with E-state index in [-0.39, 0.29) is 41.2 Å². The van der Waals surface area contributed by atoms with Gasteiger partial charge in [-0.25, -0.2) is 9.18 Å². The fourth-order valence-corrected chi connectivity index (χ4v) is 2.22. The zero-order chi connectivity index (χ0) is 17.9. The molecule has 8 heteroatoms. The number of amides is 1. The van der Waals surface area contributed by atoms with E-state index >= 15 is 0 Å². The molecule has 128 valence electrons. The molecule has 6 nitrogen and oxygen atoms in total. The Morgan fingerprint density at radius 3 is 2.67 bits per heavy atom. The van der Waals surface area contributed by atoms with Gasteiger partial charge in [0.05, 0.1) is 11.6 Å². The van der Waals surface area contributed by atoms with Gasteiger partial charge in [0.25, 0.3) is 5.91 Å². The summed E-state index contributed by atoms with van der Waals surface area (Å²) in [5.41, 5.74) is 0.0557. The maximum Gasteiger partial charge on any atom is 0.339 e. The number of aryl methyl sites for hydroxylation is 1. The maximum atomic E-state index is 12.9. The quantitative estimate of drug-likeness (QED) is 0.861. The number of carboxylic acid groups (broad SMARTS) is 1. The first kappa shape index (κ1) is 17.8. The lowest BCUT2D eigenvalue weighted by Gasteiger charge is -2.16.